The number of carbonyl (C=O) groups excluding carboxylic acids is 1. The molecular formula is C12H16N4O. The number of hydrogen-bond donors (Lipinski definition) is 3. The van der Waals surface area contributed by atoms with E-state index in [-0.39, 0.29) is 11.8 Å². The van der Waals surface area contributed by atoms with Crippen LogP contribution in [-0.2, 0) is 4.79 Å². The molecule has 0 fully saturated rings. The van der Waals surface area contributed by atoms with E-state index in [1.54, 1.807) is 6.20 Å². The Kier molecular flexibility index (Phi) is 3.39. The Labute approximate surface area is 99.6 Å². The van der Waals surface area contributed by atoms with E-state index in [1.165, 1.54) is 0 Å². The van der Waals surface area contributed by atoms with Crippen LogP contribution in [0.4, 0.5) is 5.69 Å². The second-order valence-electron chi connectivity index (χ2n) is 4.12. The lowest BCUT2D eigenvalue weighted by Crippen LogP contribution is -2.28. The number of anilines is 1. The molecule has 3 N–H and O–H groups in total. The predicted molar refractivity (Wildman–Crippen MR) is 67.8 cm³/mol. The fourth-order valence-electron chi connectivity index (χ4n) is 1.68. The monoisotopic (exact) mass is 232 g/mol. The molecule has 0 aliphatic heterocycles. The van der Waals surface area contributed by atoms with E-state index < -0.39 is 0 Å². The van der Waals surface area contributed by atoms with E-state index >= 15 is 0 Å². The van der Waals surface area contributed by atoms with Gasteiger partial charge >= 0.3 is 0 Å². The van der Waals surface area contributed by atoms with Crippen LogP contribution in [0.1, 0.15) is 6.92 Å². The number of H-pyrrole nitrogens is 1. The zero-order valence-corrected chi connectivity index (χ0v) is 9.95. The minimum absolute atomic E-state index is 0.0159. The first-order valence-corrected chi connectivity index (χ1v) is 5.59. The van der Waals surface area contributed by atoms with Gasteiger partial charge in [0.15, 0.2) is 0 Å². The SMILES string of the molecule is CNCC(C)C(=O)Nc1ccc2[nH]ncc2c1. The molecule has 1 atom stereocenters. The van der Waals surface area contributed by atoms with E-state index in [9.17, 15) is 4.79 Å². The van der Waals surface area contributed by atoms with E-state index in [0.29, 0.717) is 6.54 Å². The van der Waals surface area contributed by atoms with Crippen molar-refractivity contribution >= 4 is 22.5 Å². The molecule has 1 unspecified atom stereocenters. The van der Waals surface area contributed by atoms with Crippen molar-refractivity contribution in [1.29, 1.82) is 0 Å². The maximum atomic E-state index is 11.8. The van der Waals surface area contributed by atoms with E-state index in [1.807, 2.05) is 32.2 Å². The van der Waals surface area contributed by atoms with E-state index in [4.69, 9.17) is 0 Å². The van der Waals surface area contributed by atoms with Gasteiger partial charge in [0.2, 0.25) is 5.91 Å². The number of amides is 1. The Morgan fingerprint density at radius 1 is 1.53 bits per heavy atom. The summed E-state index contributed by atoms with van der Waals surface area (Å²) in [6, 6.07) is 5.67. The van der Waals surface area contributed by atoms with Crippen molar-refractivity contribution in [3.05, 3.63) is 24.4 Å². The van der Waals surface area contributed by atoms with Gasteiger partial charge in [0.05, 0.1) is 11.7 Å². The maximum absolute atomic E-state index is 11.8. The third kappa shape index (κ3) is 2.62. The molecule has 5 heteroatoms. The lowest BCUT2D eigenvalue weighted by atomic mass is 10.1. The molecule has 0 saturated carbocycles. The third-order valence-electron chi connectivity index (χ3n) is 2.67. The fraction of sp³-hybridized carbons (Fsp3) is 0.333. The normalized spacial score (nSPS) is 12.6. The molecule has 5 nitrogen and oxygen atoms in total. The van der Waals surface area contributed by atoms with Crippen LogP contribution in [-0.4, -0.2) is 29.7 Å². The molecule has 2 aromatic rings. The van der Waals surface area contributed by atoms with Crippen LogP contribution in [0.15, 0.2) is 24.4 Å². The standard InChI is InChI=1S/C12H16N4O/c1-8(6-13-2)12(17)15-10-3-4-11-9(5-10)7-14-16-11/h3-5,7-8,13H,6H2,1-2H3,(H,14,16)(H,15,17). The summed E-state index contributed by atoms with van der Waals surface area (Å²) in [6.07, 6.45) is 1.74. The molecule has 2 rings (SSSR count). The minimum atomic E-state index is -0.0555. The summed E-state index contributed by atoms with van der Waals surface area (Å²) < 4.78 is 0. The highest BCUT2D eigenvalue weighted by molar-refractivity contribution is 5.94. The molecule has 1 aromatic heterocycles. The van der Waals surface area contributed by atoms with Crippen LogP contribution < -0.4 is 10.6 Å². The van der Waals surface area contributed by atoms with E-state index in [0.717, 1.165) is 16.6 Å². The highest BCUT2D eigenvalue weighted by Crippen LogP contribution is 2.17. The zero-order chi connectivity index (χ0) is 12.3. The van der Waals surface area contributed by atoms with Gasteiger partial charge in [-0.3, -0.25) is 9.89 Å². The zero-order valence-electron chi connectivity index (χ0n) is 9.95. The molecule has 1 aromatic carbocycles. The van der Waals surface area contributed by atoms with Gasteiger partial charge in [-0.2, -0.15) is 5.10 Å². The van der Waals surface area contributed by atoms with Gasteiger partial charge in [-0.15, -0.1) is 0 Å². The molecule has 0 saturated heterocycles. The average molecular weight is 232 g/mol. The Balaban J connectivity index is 2.09. The number of nitrogens with zero attached hydrogens (tertiary/aromatic N) is 1. The van der Waals surface area contributed by atoms with Gasteiger partial charge in [0.1, 0.15) is 0 Å². The van der Waals surface area contributed by atoms with Gasteiger partial charge in [-0.1, -0.05) is 6.92 Å². The van der Waals surface area contributed by atoms with Crippen molar-refractivity contribution in [3.8, 4) is 0 Å². The Hall–Kier alpha value is -1.88. The molecule has 0 aliphatic carbocycles. The second kappa shape index (κ2) is 4.97. The van der Waals surface area contributed by atoms with Crippen molar-refractivity contribution in [3.63, 3.8) is 0 Å². The molecule has 0 spiro atoms. The summed E-state index contributed by atoms with van der Waals surface area (Å²) in [6.45, 7) is 2.56. The molecule has 1 amide bonds. The van der Waals surface area contributed by atoms with Crippen LogP contribution >= 0.6 is 0 Å². The first-order valence-electron chi connectivity index (χ1n) is 5.59. The molecule has 0 aliphatic rings. The number of nitrogens with one attached hydrogen (secondary N) is 3. The van der Waals surface area contributed by atoms with E-state index in [2.05, 4.69) is 20.8 Å². The predicted octanol–water partition coefficient (Wildman–Crippen LogP) is 1.36. The maximum Gasteiger partial charge on any atom is 0.228 e. The van der Waals surface area contributed by atoms with Crippen LogP contribution in [0, 0.1) is 5.92 Å². The number of aromatic amines is 1. The van der Waals surface area contributed by atoms with Gasteiger partial charge < -0.3 is 10.6 Å². The minimum Gasteiger partial charge on any atom is -0.326 e. The number of benzene rings is 1. The first-order chi connectivity index (χ1) is 8.20. The van der Waals surface area contributed by atoms with Gasteiger partial charge in [0, 0.05) is 23.5 Å². The largest absolute Gasteiger partial charge is 0.326 e. The first kappa shape index (κ1) is 11.6. The van der Waals surface area contributed by atoms with Crippen molar-refractivity contribution in [2.24, 2.45) is 5.92 Å². The van der Waals surface area contributed by atoms with Gasteiger partial charge in [-0.05, 0) is 25.2 Å². The summed E-state index contributed by atoms with van der Waals surface area (Å²) in [5.41, 5.74) is 1.76. The summed E-state index contributed by atoms with van der Waals surface area (Å²) in [4.78, 5) is 11.8. The lowest BCUT2D eigenvalue weighted by Gasteiger charge is -2.11. The van der Waals surface area contributed by atoms with Gasteiger partial charge in [-0.25, -0.2) is 0 Å². The highest BCUT2D eigenvalue weighted by atomic mass is 16.1. The second-order valence-corrected chi connectivity index (χ2v) is 4.12. The molecule has 17 heavy (non-hydrogen) atoms. The lowest BCUT2D eigenvalue weighted by molar-refractivity contribution is -0.119. The Bertz CT molecular complexity index is 520. The number of hydrogen-bond acceptors (Lipinski definition) is 3. The van der Waals surface area contributed by atoms with Crippen LogP contribution in [0.5, 0.6) is 0 Å². The Morgan fingerprint density at radius 3 is 3.12 bits per heavy atom. The summed E-state index contributed by atoms with van der Waals surface area (Å²) in [7, 11) is 1.83. The summed E-state index contributed by atoms with van der Waals surface area (Å²) in [5, 5.41) is 13.7. The Morgan fingerprint density at radius 2 is 2.35 bits per heavy atom. The number of rotatable bonds is 4. The van der Waals surface area contributed by atoms with Crippen LogP contribution in [0.25, 0.3) is 10.9 Å². The third-order valence-corrected chi connectivity index (χ3v) is 2.67. The number of fused-ring (bicyclic) bond motifs is 1. The van der Waals surface area contributed by atoms with Crippen LogP contribution in [0.3, 0.4) is 0 Å². The van der Waals surface area contributed by atoms with Crippen molar-refractivity contribution in [1.82, 2.24) is 15.5 Å². The molecular weight excluding hydrogens is 216 g/mol. The number of carbonyl (C=O) groups is 1. The highest BCUT2D eigenvalue weighted by Gasteiger charge is 2.11. The quantitative estimate of drug-likeness (QED) is 0.745. The van der Waals surface area contributed by atoms with Gasteiger partial charge in [0.25, 0.3) is 0 Å². The molecule has 90 valence electrons. The fourth-order valence-corrected chi connectivity index (χ4v) is 1.68. The summed E-state index contributed by atoms with van der Waals surface area (Å²) >= 11 is 0. The smallest absolute Gasteiger partial charge is 0.228 e. The average Bonchev–Trinajstić information content (AvgIpc) is 2.76. The summed E-state index contributed by atoms with van der Waals surface area (Å²) in [5.74, 6) is -0.0396. The van der Waals surface area contributed by atoms with Crippen molar-refractivity contribution < 1.29 is 4.79 Å². The molecule has 0 radical (unpaired) electrons. The van der Waals surface area contributed by atoms with Crippen molar-refractivity contribution in [2.75, 3.05) is 18.9 Å². The topological polar surface area (TPSA) is 69.8 Å². The van der Waals surface area contributed by atoms with Crippen molar-refractivity contribution in [2.45, 2.75) is 6.92 Å². The number of aromatic nitrogens is 2. The molecule has 0 bridgehead atoms. The van der Waals surface area contributed by atoms with Crippen LogP contribution in [0.2, 0.25) is 0 Å². The molecule has 1 heterocycles.